The monoisotopic (exact) mass is 840 g/mol. The summed E-state index contributed by atoms with van der Waals surface area (Å²) < 4.78 is 30.0. The Kier molecular flexibility index (Phi) is 217. The van der Waals surface area contributed by atoms with Crippen molar-refractivity contribution in [2.45, 2.75) is 0 Å². The quantitative estimate of drug-likeness (QED) is 0.222. The van der Waals surface area contributed by atoms with Gasteiger partial charge in [-0.05, 0) is 0 Å². The van der Waals surface area contributed by atoms with E-state index in [2.05, 4.69) is 26.6 Å². The third-order valence-electron chi connectivity index (χ3n) is 1.11. The Bertz CT molecular complexity index is 294. The van der Waals surface area contributed by atoms with Gasteiger partial charge in [-0.3, -0.25) is 0 Å². The Balaban J connectivity index is -0.0000000213. The van der Waals surface area contributed by atoms with Crippen molar-refractivity contribution >= 4 is 64.1 Å². The first-order valence-corrected chi connectivity index (χ1v) is 13.0. The van der Waals surface area contributed by atoms with E-state index in [0.29, 0.717) is 0 Å². The first kappa shape index (κ1) is 49.8. The van der Waals surface area contributed by atoms with Crippen molar-refractivity contribution in [3.63, 3.8) is 0 Å². The fraction of sp³-hybridized carbons (Fsp3) is 0. The minimum absolute atomic E-state index is 0. The van der Waals surface area contributed by atoms with Crippen molar-refractivity contribution in [1.82, 2.24) is 0 Å². The van der Waals surface area contributed by atoms with Crippen LogP contribution in [-0.4, -0.2) is 47.1 Å². The summed E-state index contributed by atoms with van der Waals surface area (Å²) in [6.45, 7) is 18.0. The van der Waals surface area contributed by atoms with Crippen molar-refractivity contribution in [3.8, 4) is 0 Å². The maximum atomic E-state index is 7.50. The van der Waals surface area contributed by atoms with Gasteiger partial charge in [-0.2, -0.15) is 36.4 Å². The average molecular weight is 841 g/mol. The second-order valence-corrected chi connectivity index (χ2v) is 1.92. The number of halogens is 2. The van der Waals surface area contributed by atoms with Gasteiger partial charge in [0.15, 0.2) is 0 Å². The van der Waals surface area contributed by atoms with Crippen LogP contribution >= 0.6 is 17.0 Å². The normalized spacial score (nSPS) is 4.17. The molecule has 0 unspecified atom stereocenters. The van der Waals surface area contributed by atoms with Gasteiger partial charge in [-0.15, -0.1) is 0 Å². The zero-order chi connectivity index (χ0) is 19.1. The average Bonchev–Trinajstić information content (AvgIpc) is 3.43. The molecule has 0 aliphatic rings. The maximum absolute atomic E-state index is 7.50. The van der Waals surface area contributed by atoms with Gasteiger partial charge >= 0.3 is 109 Å². The second-order valence-electron chi connectivity index (χ2n) is 1.92. The summed E-state index contributed by atoms with van der Waals surface area (Å²) in [4.78, 5) is 0. The summed E-state index contributed by atoms with van der Waals surface area (Å²) in [5.41, 5.74) is 0. The molecule has 0 fully saturated rings. The van der Waals surface area contributed by atoms with Gasteiger partial charge in [0.2, 0.25) is 0 Å². The summed E-state index contributed by atoms with van der Waals surface area (Å²) in [7, 11) is 9.50. The van der Waals surface area contributed by atoms with Crippen LogP contribution < -0.4 is 0 Å². The Morgan fingerprint density at radius 1 is 0.500 bits per heavy atom. The Morgan fingerprint density at radius 2 is 0.625 bits per heavy atom. The zero-order valence-corrected chi connectivity index (χ0v) is 22.6. The molecule has 130 valence electrons. The Hall–Kier alpha value is 1.05. The molecule has 0 spiro atoms. The van der Waals surface area contributed by atoms with Gasteiger partial charge in [0.1, 0.15) is 0 Å². The molecule has 2 aromatic rings. The van der Waals surface area contributed by atoms with E-state index in [1.165, 1.54) is 0 Å². The Morgan fingerprint density at radius 3 is 0.667 bits per heavy atom. The van der Waals surface area contributed by atoms with Crippen LogP contribution in [0.4, 0.5) is 0 Å². The second kappa shape index (κ2) is 105. The molecule has 0 bridgehead atoms. The van der Waals surface area contributed by atoms with Crippen LogP contribution in [0.3, 0.4) is 0 Å². The van der Waals surface area contributed by atoms with E-state index in [-0.39, 0.29) is 34.1 Å². The molecule has 2 aromatic carbocycles. The third kappa shape index (κ3) is 91.8. The minimum atomic E-state index is 0. The van der Waals surface area contributed by atoms with Crippen molar-refractivity contribution in [2.24, 2.45) is 0 Å². The van der Waals surface area contributed by atoms with Crippen molar-refractivity contribution in [1.29, 1.82) is 0 Å². The number of hydrogen-bond donors (Lipinski definition) is 0. The molecule has 0 aromatic heterocycles. The van der Waals surface area contributed by atoms with Crippen LogP contribution in [0.15, 0.2) is 60.7 Å². The van der Waals surface area contributed by atoms with E-state index >= 15 is 0 Å². The molecule has 0 heterocycles. The van der Waals surface area contributed by atoms with E-state index < -0.39 is 0 Å². The van der Waals surface area contributed by atoms with Crippen molar-refractivity contribution in [2.75, 3.05) is 0 Å². The fourth-order valence-electron chi connectivity index (χ4n) is 0.642. The molecule has 0 saturated carbocycles. The smallest absolute Gasteiger partial charge is 0 e. The van der Waals surface area contributed by atoms with E-state index in [1.807, 2.05) is 60.7 Å². The van der Waals surface area contributed by atoms with Crippen LogP contribution in [0.1, 0.15) is 0 Å². The molecule has 0 saturated heterocycles. The molecular weight excluding hydrogens is 831 g/mol. The summed E-state index contributed by atoms with van der Waals surface area (Å²) in [5, 5.41) is 0. The van der Waals surface area contributed by atoms with Gasteiger partial charge in [0.25, 0.3) is 0 Å². The first-order chi connectivity index (χ1) is 11.0. The van der Waals surface area contributed by atoms with Crippen LogP contribution in [0.2, 0.25) is 0 Å². The van der Waals surface area contributed by atoms with Crippen LogP contribution in [-0.2, 0) is 52.7 Å². The molecule has 2 rings (SSSR count). The van der Waals surface area contributed by atoms with Crippen molar-refractivity contribution in [3.05, 3.63) is 87.3 Å². The molecule has 24 heavy (non-hydrogen) atoms. The topological polar surface area (TPSA) is 79.6 Å². The van der Waals surface area contributed by atoms with Crippen LogP contribution in [0.25, 0.3) is 0 Å². The molecule has 4 nitrogen and oxygen atoms in total. The molecule has 0 aliphatic heterocycles. The largest absolute Gasteiger partial charge is 0.214 e. The summed E-state index contributed by atoms with van der Waals surface area (Å²) in [6.07, 6.45) is 0. The van der Waals surface area contributed by atoms with E-state index in [9.17, 15) is 0 Å². The third-order valence-corrected chi connectivity index (χ3v) is 1.11. The SMILES string of the molecule is [C-]#[O+].[C-]#[O+].[C-]#[O+].[C-]#[O+].[Cl][Bi].[Cl][Bi].[Mn].[Mn].c1cc[cH-]c1.c1cc[cH-]c1. The van der Waals surface area contributed by atoms with Gasteiger partial charge < -0.3 is 0 Å². The van der Waals surface area contributed by atoms with Crippen LogP contribution in [0, 0.1) is 26.6 Å². The summed E-state index contributed by atoms with van der Waals surface area (Å²) >= 11 is 1.83. The van der Waals surface area contributed by atoms with Crippen LogP contribution in [0.5, 0.6) is 0 Å². The molecular formula is C14H10Bi2Cl2Mn2O4-2. The molecule has 0 atom stereocenters. The summed E-state index contributed by atoms with van der Waals surface area (Å²) in [5.74, 6) is 0. The fourth-order valence-corrected chi connectivity index (χ4v) is 0.642. The number of hydrogen-bond acceptors (Lipinski definition) is 0. The molecule has 10 heteroatoms. The van der Waals surface area contributed by atoms with Gasteiger partial charge in [0, 0.05) is 34.1 Å². The first-order valence-electron chi connectivity index (χ1n) is 4.49. The van der Waals surface area contributed by atoms with Gasteiger partial charge in [-0.1, -0.05) is 0 Å². The van der Waals surface area contributed by atoms with E-state index in [1.54, 1.807) is 0 Å². The molecule has 0 aliphatic carbocycles. The van der Waals surface area contributed by atoms with E-state index in [0.717, 1.165) is 47.1 Å². The Labute approximate surface area is 201 Å². The molecule has 0 amide bonds. The predicted molar refractivity (Wildman–Crippen MR) is 83.0 cm³/mol. The van der Waals surface area contributed by atoms with Crippen molar-refractivity contribution < 1.29 is 52.7 Å². The zero-order valence-electron chi connectivity index (χ0n) is 11.8. The minimum Gasteiger partial charge on any atom is -0.214 e. The van der Waals surface area contributed by atoms with E-state index in [4.69, 9.17) is 35.6 Å². The predicted octanol–water partition coefficient (Wildman–Crippen LogP) is 3.27. The molecule has 6 radical (unpaired) electrons. The van der Waals surface area contributed by atoms with Gasteiger partial charge in [-0.25, -0.2) is 24.3 Å². The van der Waals surface area contributed by atoms with Gasteiger partial charge in [0.05, 0.1) is 0 Å². The number of rotatable bonds is 0. The maximum Gasteiger partial charge on any atom is 0 e. The standard InChI is InChI=1S/2C5H5.4CO.2Bi.2ClH.2Mn/c2*1-2-4-5-3-1;4*1-2;;;;;;/h2*1-5H;;;;;;;2*1H;;/q2*-1;;;;;2*+1;;;;/p-2. The molecule has 0 N–H and O–H groups in total. The summed E-state index contributed by atoms with van der Waals surface area (Å²) in [6, 6.07) is 20.0.